The summed E-state index contributed by atoms with van der Waals surface area (Å²) in [7, 11) is -3.01. The summed E-state index contributed by atoms with van der Waals surface area (Å²) in [6.07, 6.45) is 1.09. The predicted molar refractivity (Wildman–Crippen MR) is 38.1 cm³/mol. The molecule has 0 bridgehead atoms. The molecule has 68 valence electrons. The maximum atomic E-state index is 10.5. The zero-order valence-corrected chi connectivity index (χ0v) is 7.35. The van der Waals surface area contributed by atoms with Gasteiger partial charge in [0.2, 0.25) is 0 Å². The Labute approximate surface area is 68.6 Å². The van der Waals surface area contributed by atoms with E-state index in [1.165, 1.54) is 0 Å². The highest BCUT2D eigenvalue weighted by Gasteiger charge is 2.01. The molecule has 0 rings (SSSR count). The molecule has 0 saturated heterocycles. The molecule has 0 aromatic heterocycles. The lowest BCUT2D eigenvalue weighted by molar-refractivity contribution is -0.434. The van der Waals surface area contributed by atoms with E-state index in [-0.39, 0.29) is 12.4 Å². The molecule has 0 atom stereocenters. The summed E-state index contributed by atoms with van der Waals surface area (Å²) in [5, 5.41) is 10.7. The Morgan fingerprint density at radius 3 is 2.64 bits per heavy atom. The van der Waals surface area contributed by atoms with Crippen LogP contribution in [0.3, 0.4) is 0 Å². The first-order valence-corrected chi connectivity index (χ1v) is 5.23. The summed E-state index contributed by atoms with van der Waals surface area (Å²) in [5.74, 6) is -0.102. The lowest BCUT2D eigenvalue weighted by atomic mass is 10.9. The van der Waals surface area contributed by atoms with Gasteiger partial charge in [0.15, 0.2) is 12.3 Å². The Balaban J connectivity index is 3.16. The zero-order chi connectivity index (χ0) is 8.74. The Kier molecular flexibility index (Phi) is 5.82. The van der Waals surface area contributed by atoms with Gasteiger partial charge >= 0.3 is 0 Å². The molecule has 0 unspecified atom stereocenters. The third-order valence-corrected chi connectivity index (χ3v) is 1.93. The summed E-state index contributed by atoms with van der Waals surface area (Å²) in [6, 6.07) is 0. The fourth-order valence-electron chi connectivity index (χ4n) is 0.251. The largest absolute Gasteiger partial charge is 0.288 e. The highest BCUT2D eigenvalue weighted by atomic mass is 32.2. The molecule has 0 spiro atoms. The van der Waals surface area contributed by atoms with Crippen molar-refractivity contribution in [1.29, 1.82) is 0 Å². The van der Waals surface area contributed by atoms with Crippen molar-refractivity contribution in [2.45, 2.75) is 0 Å². The molecule has 0 saturated carbocycles. The standard InChI is InChI=1S/C3H8O6S2/c1-11(5,6)3-2-7-10-9-8-4/h4H,2-3H2,1H3. The van der Waals surface area contributed by atoms with Crippen molar-refractivity contribution in [2.24, 2.45) is 0 Å². The number of rotatable bonds is 6. The van der Waals surface area contributed by atoms with Crippen molar-refractivity contribution >= 4 is 22.2 Å². The second-order valence-electron chi connectivity index (χ2n) is 1.66. The lowest BCUT2D eigenvalue weighted by Crippen LogP contribution is -2.07. The van der Waals surface area contributed by atoms with Gasteiger partial charge in [0.05, 0.1) is 12.4 Å². The van der Waals surface area contributed by atoms with E-state index in [9.17, 15) is 8.42 Å². The van der Waals surface area contributed by atoms with E-state index in [2.05, 4.69) is 13.6 Å². The van der Waals surface area contributed by atoms with E-state index in [1.807, 2.05) is 0 Å². The zero-order valence-electron chi connectivity index (χ0n) is 5.72. The topological polar surface area (TPSA) is 82.1 Å². The Hall–Kier alpha value is 0.140. The van der Waals surface area contributed by atoms with E-state index in [0.717, 1.165) is 6.26 Å². The number of hydrogen-bond acceptors (Lipinski definition) is 7. The van der Waals surface area contributed by atoms with Crippen LogP contribution in [-0.2, 0) is 23.4 Å². The van der Waals surface area contributed by atoms with Crippen molar-refractivity contribution in [1.82, 2.24) is 0 Å². The molecule has 0 aromatic rings. The van der Waals surface area contributed by atoms with Crippen LogP contribution in [0.4, 0.5) is 0 Å². The Morgan fingerprint density at radius 1 is 1.55 bits per heavy atom. The monoisotopic (exact) mass is 204 g/mol. The first-order chi connectivity index (χ1) is 5.06. The van der Waals surface area contributed by atoms with Crippen molar-refractivity contribution in [3.8, 4) is 0 Å². The van der Waals surface area contributed by atoms with Crippen LogP contribution in [0.25, 0.3) is 0 Å². The molecule has 0 radical (unpaired) electrons. The van der Waals surface area contributed by atoms with Crippen LogP contribution in [0, 0.1) is 0 Å². The second-order valence-corrected chi connectivity index (χ2v) is 4.43. The normalized spacial score (nSPS) is 11.8. The van der Waals surface area contributed by atoms with Gasteiger partial charge in [0.1, 0.15) is 9.84 Å². The quantitative estimate of drug-likeness (QED) is 0.283. The summed E-state index contributed by atoms with van der Waals surface area (Å²) in [4.78, 5) is 0. The molecule has 0 heterocycles. The van der Waals surface area contributed by atoms with Crippen LogP contribution in [0.1, 0.15) is 0 Å². The average molecular weight is 204 g/mol. The molecule has 11 heavy (non-hydrogen) atoms. The van der Waals surface area contributed by atoms with Crippen molar-refractivity contribution in [2.75, 3.05) is 18.6 Å². The predicted octanol–water partition coefficient (Wildman–Crippen LogP) is 0.0320. The minimum atomic E-state index is -3.01. The van der Waals surface area contributed by atoms with Gasteiger partial charge in [0, 0.05) is 6.26 Å². The third kappa shape index (κ3) is 10.1. The molecule has 1 N–H and O–H groups in total. The fraction of sp³-hybridized carbons (Fsp3) is 1.00. The second kappa shape index (κ2) is 5.75. The molecule has 8 heteroatoms. The van der Waals surface area contributed by atoms with Gasteiger partial charge in [-0.3, -0.25) is 4.18 Å². The lowest BCUT2D eigenvalue weighted by Gasteiger charge is -1.97. The molecule has 0 amide bonds. The number of sulfone groups is 1. The summed E-state index contributed by atoms with van der Waals surface area (Å²) >= 11 is 0.357. The van der Waals surface area contributed by atoms with E-state index < -0.39 is 9.84 Å². The maximum Gasteiger partial charge on any atom is 0.197 e. The first kappa shape index (κ1) is 11.1. The summed E-state index contributed by atoms with van der Waals surface area (Å²) in [6.45, 7) is -0.0210. The Morgan fingerprint density at radius 2 is 2.18 bits per heavy atom. The third-order valence-electron chi connectivity index (χ3n) is 0.644. The first-order valence-electron chi connectivity index (χ1n) is 2.50. The van der Waals surface area contributed by atoms with Gasteiger partial charge in [-0.1, -0.05) is 5.04 Å². The van der Waals surface area contributed by atoms with E-state index in [1.54, 1.807) is 0 Å². The molecule has 0 aromatic carbocycles. The van der Waals surface area contributed by atoms with Crippen LogP contribution in [0.15, 0.2) is 0 Å². The van der Waals surface area contributed by atoms with Gasteiger partial charge in [-0.25, -0.2) is 13.7 Å². The molecule has 6 nitrogen and oxygen atoms in total. The Bertz CT molecular complexity index is 174. The van der Waals surface area contributed by atoms with Crippen LogP contribution in [0.5, 0.6) is 0 Å². The van der Waals surface area contributed by atoms with Crippen LogP contribution >= 0.6 is 12.3 Å². The van der Waals surface area contributed by atoms with Gasteiger partial charge in [-0.2, -0.15) is 0 Å². The van der Waals surface area contributed by atoms with Gasteiger partial charge < -0.3 is 0 Å². The van der Waals surface area contributed by atoms with Crippen molar-refractivity contribution < 1.29 is 27.2 Å². The SMILES string of the molecule is CS(=O)(=O)CCOSOOO. The van der Waals surface area contributed by atoms with Crippen LogP contribution < -0.4 is 0 Å². The van der Waals surface area contributed by atoms with Gasteiger partial charge in [-0.15, -0.1) is 4.33 Å². The van der Waals surface area contributed by atoms with Gasteiger partial charge in [0.25, 0.3) is 0 Å². The summed E-state index contributed by atoms with van der Waals surface area (Å²) < 4.78 is 29.2. The van der Waals surface area contributed by atoms with E-state index in [0.29, 0.717) is 12.3 Å². The van der Waals surface area contributed by atoms with Crippen molar-refractivity contribution in [3.05, 3.63) is 0 Å². The van der Waals surface area contributed by atoms with Crippen LogP contribution in [-0.4, -0.2) is 32.3 Å². The van der Waals surface area contributed by atoms with E-state index >= 15 is 0 Å². The molecule has 0 aliphatic heterocycles. The van der Waals surface area contributed by atoms with Crippen molar-refractivity contribution in [3.63, 3.8) is 0 Å². The molecule has 0 fully saturated rings. The molecule has 0 aliphatic carbocycles. The average Bonchev–Trinajstić information content (AvgIpc) is 1.85. The van der Waals surface area contributed by atoms with Crippen LogP contribution in [0.2, 0.25) is 0 Å². The fourth-order valence-corrected chi connectivity index (χ4v) is 0.959. The molecular weight excluding hydrogens is 196 g/mol. The summed E-state index contributed by atoms with van der Waals surface area (Å²) in [5.41, 5.74) is 0. The minimum Gasteiger partial charge on any atom is -0.288 e. The molecular formula is C3H8O6S2. The highest BCUT2D eigenvalue weighted by Crippen LogP contribution is 2.03. The smallest absolute Gasteiger partial charge is 0.197 e. The maximum absolute atomic E-state index is 10.5. The van der Waals surface area contributed by atoms with E-state index in [4.69, 9.17) is 5.26 Å². The van der Waals surface area contributed by atoms with Gasteiger partial charge in [-0.05, 0) is 0 Å². The molecule has 0 aliphatic rings. The highest BCUT2D eigenvalue weighted by molar-refractivity contribution is 7.91. The minimum absolute atomic E-state index is 0.0210. The number of hydrogen-bond donors (Lipinski definition) is 1.